The van der Waals surface area contributed by atoms with Crippen LogP contribution in [0.2, 0.25) is 5.02 Å². The zero-order chi connectivity index (χ0) is 90.0. The van der Waals surface area contributed by atoms with Crippen LogP contribution in [0.3, 0.4) is 0 Å². The van der Waals surface area contributed by atoms with Gasteiger partial charge in [0.15, 0.2) is 41.4 Å². The summed E-state index contributed by atoms with van der Waals surface area (Å²) in [6.07, 6.45) is -18.1. The van der Waals surface area contributed by atoms with Gasteiger partial charge in [0.05, 0.1) is 29.3 Å². The van der Waals surface area contributed by atoms with Gasteiger partial charge in [-0.05, 0) is 166 Å². The summed E-state index contributed by atoms with van der Waals surface area (Å²) in [7, 11) is 5.13. The van der Waals surface area contributed by atoms with Crippen molar-refractivity contribution < 1.29 is 127 Å². The third kappa shape index (κ3) is 21.7. The average molecular weight is 1750 g/mol. The van der Waals surface area contributed by atoms with Crippen molar-refractivity contribution in [1.29, 1.82) is 0 Å². The Hall–Kier alpha value is -11.3. The van der Waals surface area contributed by atoms with Gasteiger partial charge in [-0.2, -0.15) is 0 Å². The molecule has 0 spiro atoms. The fraction of sp³-hybridized carbons (Fsp3) is 0.464. The second-order valence-corrected chi connectivity index (χ2v) is 32.1. The highest BCUT2D eigenvalue weighted by atomic mass is 35.5. The monoisotopic (exact) mass is 1750 g/mol. The van der Waals surface area contributed by atoms with Gasteiger partial charge in [0, 0.05) is 61.8 Å². The first-order chi connectivity index (χ1) is 58.9. The summed E-state index contributed by atoms with van der Waals surface area (Å²) in [5, 5.41) is 123. The molecule has 7 heterocycles. The summed E-state index contributed by atoms with van der Waals surface area (Å²) >= 11 is 7.21. The van der Waals surface area contributed by atoms with E-state index in [0.717, 1.165) is 36.4 Å². The van der Waals surface area contributed by atoms with Crippen LogP contribution in [0, 0.1) is 25.7 Å². The van der Waals surface area contributed by atoms with E-state index in [0.29, 0.717) is 19.6 Å². The summed E-state index contributed by atoms with van der Waals surface area (Å²) in [4.78, 5) is 137. The van der Waals surface area contributed by atoms with Crippen LogP contribution >= 0.6 is 11.6 Å². The standard InChI is InChI=1S/C84H106ClN13O26/c1-36(2)23-39(5)75(107)97-65-67(102)42-12-15-52(37(3)24-42)120-56-28-44-29-57(72(56)124-82-73(70(105)69(104)58(35-86)122-82)123-60-34-84(7,87)74(106)40(6)119-60)121-53-16-13-43(27-49(53)85)68(103)66-80(112)96-64(81(113)114)48-32-46(99)25-38(4)61(48)47-26-41(11-14-51(47)100)62(77(109)98-66)95-78(110)63(44)94-76(108)50(92-79(65)111)33-59(101)93-83(115)91-45-30-54(116-20-17-88-8)71(118-22-19-90-10)55(31-45)117-21-18-89-9/h11-16,24-32,36,39-40,50,58,60,62-70,73-74,82,88-90,99-100,102-106H,17-23,33-35,86-87H2,1-10H3,(H,92,111)(H,94,108)(H,95,110)(H,96,112)(H,97,107)(H,98,109)(H,113,114)(H2,91,93,101,115)/t39-,40+,50+,58-,60+,62-,63-,64+,65-,66+,67-,68-,69-,70+,73-,74-,82+,84+/m1/s1. The molecule has 6 aromatic rings. The van der Waals surface area contributed by atoms with Crippen LogP contribution < -0.4 is 98.4 Å². The van der Waals surface area contributed by atoms with E-state index in [1.54, 1.807) is 28.1 Å². The second-order valence-electron chi connectivity index (χ2n) is 31.7. The van der Waals surface area contributed by atoms with E-state index < -0.39 is 215 Å². The van der Waals surface area contributed by atoms with E-state index in [4.69, 9.17) is 65.7 Å². The Morgan fingerprint density at radius 3 is 1.87 bits per heavy atom. The number of carboxylic acid groups (broad SMARTS) is 1. The van der Waals surface area contributed by atoms with Crippen molar-refractivity contribution in [1.82, 2.24) is 53.2 Å². The minimum absolute atomic E-state index is 0.0157. The molecular weight excluding hydrogens is 1640 g/mol. The quantitative estimate of drug-likeness (QED) is 0.0365. The number of urea groups is 1. The van der Waals surface area contributed by atoms with Crippen molar-refractivity contribution in [3.63, 3.8) is 0 Å². The molecule has 124 heavy (non-hydrogen) atoms. The number of nitrogens with two attached hydrogens (primary N) is 2. The van der Waals surface area contributed by atoms with Crippen LogP contribution in [-0.4, -0.2) is 234 Å². The highest BCUT2D eigenvalue weighted by Gasteiger charge is 2.52. The Labute approximate surface area is 717 Å². The van der Waals surface area contributed by atoms with Crippen molar-refractivity contribution in [3.05, 3.63) is 135 Å². The lowest BCUT2D eigenvalue weighted by atomic mass is 9.86. The van der Waals surface area contributed by atoms with Crippen LogP contribution in [0.15, 0.2) is 91.0 Å². The van der Waals surface area contributed by atoms with Gasteiger partial charge < -0.3 is 148 Å². The molecule has 7 aliphatic rings. The maximum absolute atomic E-state index is 16.6. The molecule has 13 rings (SSSR count). The fourth-order valence-electron chi connectivity index (χ4n) is 15.1. The summed E-state index contributed by atoms with van der Waals surface area (Å²) in [5.41, 5.74) is 9.96. The molecule has 0 saturated carbocycles. The van der Waals surface area contributed by atoms with E-state index in [9.17, 15) is 60.0 Å². The van der Waals surface area contributed by atoms with Gasteiger partial charge in [-0.15, -0.1) is 0 Å². The van der Waals surface area contributed by atoms with Crippen molar-refractivity contribution in [2.75, 3.05) is 72.5 Å². The number of hydrogen-bond donors (Lipinski definition) is 21. The van der Waals surface area contributed by atoms with Gasteiger partial charge in [0.1, 0.15) is 104 Å². The summed E-state index contributed by atoms with van der Waals surface area (Å²) in [6.45, 7) is 12.2. The number of ether oxygens (including phenoxy) is 9. The highest BCUT2D eigenvalue weighted by molar-refractivity contribution is 6.32. The first-order valence-electron chi connectivity index (χ1n) is 40.2. The third-order valence-corrected chi connectivity index (χ3v) is 21.8. The molecule has 7 aliphatic heterocycles. The van der Waals surface area contributed by atoms with Gasteiger partial charge in [0.25, 0.3) is 0 Å². The lowest BCUT2D eigenvalue weighted by molar-refractivity contribution is -0.330. The number of carbonyl (C=O) groups is 9. The number of aliphatic carboxylic acids is 1. The number of carbonyl (C=O) groups excluding carboxylic acids is 8. The molecule has 39 nitrogen and oxygen atoms in total. The maximum atomic E-state index is 16.6. The molecule has 6 aromatic carbocycles. The van der Waals surface area contributed by atoms with E-state index in [1.165, 1.54) is 82.3 Å². The number of phenols is 2. The number of amides is 9. The zero-order valence-corrected chi connectivity index (χ0v) is 70.3. The van der Waals surface area contributed by atoms with Gasteiger partial charge in [0.2, 0.25) is 59.1 Å². The molecule has 11 bridgehead atoms. The number of carboxylic acids is 1. The number of anilines is 1. The van der Waals surface area contributed by atoms with Crippen molar-refractivity contribution >= 4 is 70.6 Å². The molecule has 40 heteroatoms. The third-order valence-electron chi connectivity index (χ3n) is 21.5. The van der Waals surface area contributed by atoms with Crippen LogP contribution in [0.25, 0.3) is 11.1 Å². The van der Waals surface area contributed by atoms with Crippen LogP contribution in [0.1, 0.15) is 123 Å². The maximum Gasteiger partial charge on any atom is 0.330 e. The summed E-state index contributed by atoms with van der Waals surface area (Å²) in [5.74, 6) is -14.5. The molecule has 670 valence electrons. The summed E-state index contributed by atoms with van der Waals surface area (Å²) in [6, 6.07) is 3.55. The Bertz CT molecular complexity index is 4940. The van der Waals surface area contributed by atoms with Gasteiger partial charge >= 0.3 is 12.0 Å². The lowest BCUT2D eigenvalue weighted by Crippen LogP contribution is -2.65. The Morgan fingerprint density at radius 1 is 0.653 bits per heavy atom. The predicted octanol–water partition coefficient (Wildman–Crippen LogP) is 2.04. The molecule has 2 saturated heterocycles. The van der Waals surface area contributed by atoms with Gasteiger partial charge in [-0.1, -0.05) is 50.6 Å². The Kier molecular flexibility index (Phi) is 30.6. The lowest BCUT2D eigenvalue weighted by Gasteiger charge is -2.47. The summed E-state index contributed by atoms with van der Waals surface area (Å²) < 4.78 is 57.8. The number of phenolic OH excluding ortho intramolecular Hbond substituents is 2. The smallest absolute Gasteiger partial charge is 0.330 e. The number of fused-ring (bicyclic) bond motifs is 15. The number of aliphatic hydroxyl groups excluding tert-OH is 5. The van der Waals surface area contributed by atoms with Crippen molar-refractivity contribution in [2.24, 2.45) is 23.3 Å². The molecule has 0 aromatic heterocycles. The SMILES string of the molecule is CNCCOc1cc(NC(=O)NC(=O)C[C@@H]2NC(=O)[C@H](NC(=O)[C@H](C)CC(C)C)[C@H](O)c3ccc(c(C)c3)Oc3cc4cc(c3O[C@@H]3O[C@H](CN)[C@@H](O)[C@H](O)[C@H]3O[C@H]3C[C@](C)(N)[C@H](O)[C@H](C)O3)Oc3ccc(cc3Cl)[C@@H](O)[C@@H]3NC(=O)[C@H](NC(=O)[C@@H]4NC2=O)c2ccc(O)c(c2)-c2c(C)cc(O)cc2[C@@H](C(=O)O)NC3=O)cc(OCCNC)c1OCCNC. The highest BCUT2D eigenvalue weighted by Crippen LogP contribution is 2.50. The number of rotatable bonds is 25. The average Bonchev–Trinajstić information content (AvgIpc) is 0.765. The number of nitrogens with one attached hydrogen (secondary N) is 11. The first kappa shape index (κ1) is 93.4. The van der Waals surface area contributed by atoms with E-state index >= 15 is 24.0 Å². The predicted molar refractivity (Wildman–Crippen MR) is 443 cm³/mol. The van der Waals surface area contributed by atoms with E-state index in [2.05, 4.69) is 58.5 Å². The van der Waals surface area contributed by atoms with Gasteiger partial charge in [-0.25, -0.2) is 9.59 Å². The number of aromatic hydroxyl groups is 2. The van der Waals surface area contributed by atoms with Crippen LogP contribution in [0.4, 0.5) is 10.5 Å². The Morgan fingerprint density at radius 2 is 1.26 bits per heavy atom. The number of imide groups is 1. The van der Waals surface area contributed by atoms with Crippen LogP contribution in [0.5, 0.6) is 57.5 Å². The number of likely N-dealkylation sites (N-methyl/N-ethyl adjacent to an activating group) is 3. The van der Waals surface area contributed by atoms with E-state index in [1.807, 2.05) is 13.8 Å². The molecule has 0 radical (unpaired) electrons. The molecule has 2 fully saturated rings. The molecule has 0 unspecified atom stereocenters. The largest absolute Gasteiger partial charge is 0.508 e. The van der Waals surface area contributed by atoms with E-state index in [-0.39, 0.29) is 118 Å². The Balaban J connectivity index is 1.13. The van der Waals surface area contributed by atoms with Crippen molar-refractivity contribution in [2.45, 2.75) is 171 Å². The molecular formula is C84H106ClN13O26. The minimum atomic E-state index is -2.39. The molecule has 23 N–H and O–H groups in total. The number of aliphatic hydroxyl groups is 5. The van der Waals surface area contributed by atoms with Crippen LogP contribution in [-0.2, 0) is 52.6 Å². The zero-order valence-electron chi connectivity index (χ0n) is 69.6. The number of benzene rings is 6. The number of aryl methyl sites for hydroxylation is 2. The number of halogens is 1. The topological polar surface area (TPSA) is 583 Å². The first-order valence-corrected chi connectivity index (χ1v) is 40.6. The van der Waals surface area contributed by atoms with Gasteiger partial charge in [-0.3, -0.25) is 38.9 Å². The number of hydrogen-bond acceptors (Lipinski definition) is 30. The fourth-order valence-corrected chi connectivity index (χ4v) is 15.3. The molecule has 9 amide bonds. The normalized spacial score (nSPS) is 26.0. The molecule has 0 aliphatic carbocycles. The van der Waals surface area contributed by atoms with Crippen molar-refractivity contribution in [3.8, 4) is 68.6 Å². The second kappa shape index (κ2) is 40.6. The minimum Gasteiger partial charge on any atom is -0.508 e. The molecule has 18 atom stereocenters.